The number of hydrogen-bond acceptors (Lipinski definition) is 1. The second-order valence-electron chi connectivity index (χ2n) is 3.73. The van der Waals surface area contributed by atoms with Crippen LogP contribution in [0.3, 0.4) is 0 Å². The van der Waals surface area contributed by atoms with Gasteiger partial charge in [-0.3, -0.25) is 0 Å². The zero-order valence-electron chi connectivity index (χ0n) is 9.32. The Balaban J connectivity index is 3.19. The van der Waals surface area contributed by atoms with Crippen LogP contribution in [0.2, 0.25) is 0 Å². The molecule has 0 radical (unpaired) electrons. The summed E-state index contributed by atoms with van der Waals surface area (Å²) in [6.07, 6.45) is 0.900. The fourth-order valence-corrected chi connectivity index (χ4v) is 1.92. The standard InChI is InChI=1S/C12H18FN/c1-5-11(14-4)12-9(3)6-8(2)7-10(12)13/h6-7,11,14H,5H2,1-4H3. The van der Waals surface area contributed by atoms with Crippen molar-refractivity contribution in [3.63, 3.8) is 0 Å². The van der Waals surface area contributed by atoms with E-state index in [0.717, 1.165) is 23.1 Å². The molecule has 0 aliphatic heterocycles. The summed E-state index contributed by atoms with van der Waals surface area (Å²) in [5.74, 6) is -0.0938. The van der Waals surface area contributed by atoms with Crippen LogP contribution in [0.15, 0.2) is 12.1 Å². The van der Waals surface area contributed by atoms with E-state index in [2.05, 4.69) is 12.2 Å². The Kier molecular flexibility index (Phi) is 3.64. The van der Waals surface area contributed by atoms with Gasteiger partial charge in [0.1, 0.15) is 5.82 Å². The van der Waals surface area contributed by atoms with Crippen molar-refractivity contribution in [1.29, 1.82) is 0 Å². The van der Waals surface area contributed by atoms with E-state index in [1.54, 1.807) is 6.07 Å². The van der Waals surface area contributed by atoms with Crippen molar-refractivity contribution >= 4 is 0 Å². The van der Waals surface area contributed by atoms with Crippen molar-refractivity contribution < 1.29 is 4.39 Å². The summed E-state index contributed by atoms with van der Waals surface area (Å²) >= 11 is 0. The molecule has 1 nitrogen and oxygen atoms in total. The van der Waals surface area contributed by atoms with E-state index < -0.39 is 0 Å². The number of nitrogens with one attached hydrogen (secondary N) is 1. The van der Waals surface area contributed by atoms with Gasteiger partial charge in [0.2, 0.25) is 0 Å². The summed E-state index contributed by atoms with van der Waals surface area (Å²) in [7, 11) is 1.87. The van der Waals surface area contributed by atoms with Crippen LogP contribution in [0.25, 0.3) is 0 Å². The lowest BCUT2D eigenvalue weighted by atomic mass is 9.97. The first-order valence-corrected chi connectivity index (χ1v) is 5.04. The molecule has 0 amide bonds. The molecule has 2 heteroatoms. The van der Waals surface area contributed by atoms with Crippen LogP contribution in [0, 0.1) is 19.7 Å². The maximum Gasteiger partial charge on any atom is 0.128 e. The number of rotatable bonds is 3. The Labute approximate surface area is 85.3 Å². The van der Waals surface area contributed by atoms with Crippen LogP contribution in [-0.2, 0) is 0 Å². The van der Waals surface area contributed by atoms with Gasteiger partial charge in [-0.2, -0.15) is 0 Å². The monoisotopic (exact) mass is 195 g/mol. The molecule has 1 aromatic carbocycles. The third-order valence-electron chi connectivity index (χ3n) is 2.59. The second-order valence-corrected chi connectivity index (χ2v) is 3.73. The highest BCUT2D eigenvalue weighted by Crippen LogP contribution is 2.24. The average Bonchev–Trinajstić information content (AvgIpc) is 2.10. The zero-order chi connectivity index (χ0) is 10.7. The van der Waals surface area contributed by atoms with Gasteiger partial charge in [0, 0.05) is 11.6 Å². The van der Waals surface area contributed by atoms with Crippen LogP contribution in [0.4, 0.5) is 4.39 Å². The normalized spacial score (nSPS) is 12.9. The highest BCUT2D eigenvalue weighted by Gasteiger charge is 2.14. The van der Waals surface area contributed by atoms with Gasteiger partial charge < -0.3 is 5.32 Å². The fourth-order valence-electron chi connectivity index (χ4n) is 1.92. The third-order valence-corrected chi connectivity index (χ3v) is 2.59. The van der Waals surface area contributed by atoms with Crippen LogP contribution in [-0.4, -0.2) is 7.05 Å². The molecule has 0 fully saturated rings. The molecule has 1 atom stereocenters. The van der Waals surface area contributed by atoms with Gasteiger partial charge in [0.05, 0.1) is 0 Å². The molecule has 0 bridgehead atoms. The third kappa shape index (κ3) is 2.13. The molecule has 1 N–H and O–H groups in total. The lowest BCUT2D eigenvalue weighted by Gasteiger charge is -2.18. The first kappa shape index (κ1) is 11.2. The molecule has 0 aromatic heterocycles. The fraction of sp³-hybridized carbons (Fsp3) is 0.500. The van der Waals surface area contributed by atoms with E-state index in [9.17, 15) is 4.39 Å². The molecule has 1 rings (SSSR count). The van der Waals surface area contributed by atoms with Crippen molar-refractivity contribution in [2.24, 2.45) is 0 Å². The van der Waals surface area contributed by atoms with Crippen LogP contribution >= 0.6 is 0 Å². The molecular formula is C12H18FN. The average molecular weight is 195 g/mol. The molecule has 1 unspecified atom stereocenters. The van der Waals surface area contributed by atoms with Gasteiger partial charge >= 0.3 is 0 Å². The van der Waals surface area contributed by atoms with E-state index in [1.807, 2.05) is 27.0 Å². The van der Waals surface area contributed by atoms with Gasteiger partial charge in [-0.1, -0.05) is 13.0 Å². The highest BCUT2D eigenvalue weighted by atomic mass is 19.1. The minimum Gasteiger partial charge on any atom is -0.313 e. The maximum absolute atomic E-state index is 13.7. The Morgan fingerprint density at radius 2 is 2.00 bits per heavy atom. The SMILES string of the molecule is CCC(NC)c1c(C)cc(C)cc1F. The largest absolute Gasteiger partial charge is 0.313 e. The molecule has 78 valence electrons. The molecule has 0 aliphatic rings. The van der Waals surface area contributed by atoms with Gasteiger partial charge in [-0.15, -0.1) is 0 Å². The first-order chi connectivity index (χ1) is 6.60. The van der Waals surface area contributed by atoms with E-state index in [1.165, 1.54) is 0 Å². The maximum atomic E-state index is 13.7. The second kappa shape index (κ2) is 4.56. The van der Waals surface area contributed by atoms with Gasteiger partial charge in [-0.05, 0) is 44.5 Å². The van der Waals surface area contributed by atoms with Crippen LogP contribution in [0.1, 0.15) is 36.1 Å². The van der Waals surface area contributed by atoms with Crippen LogP contribution in [0.5, 0.6) is 0 Å². The van der Waals surface area contributed by atoms with E-state index >= 15 is 0 Å². The molecule has 1 aromatic rings. The summed E-state index contributed by atoms with van der Waals surface area (Å²) in [6, 6.07) is 3.75. The van der Waals surface area contributed by atoms with Gasteiger partial charge in [0.25, 0.3) is 0 Å². The quantitative estimate of drug-likeness (QED) is 0.781. The summed E-state index contributed by atoms with van der Waals surface area (Å²) in [4.78, 5) is 0. The summed E-state index contributed by atoms with van der Waals surface area (Å²) < 4.78 is 13.7. The lowest BCUT2D eigenvalue weighted by Crippen LogP contribution is -2.18. The topological polar surface area (TPSA) is 12.0 Å². The number of benzene rings is 1. The minimum absolute atomic E-state index is 0.0938. The lowest BCUT2D eigenvalue weighted by molar-refractivity contribution is 0.521. The Bertz CT molecular complexity index is 293. The molecular weight excluding hydrogens is 177 g/mol. The molecule has 0 saturated carbocycles. The Hall–Kier alpha value is -0.890. The minimum atomic E-state index is -0.0938. The predicted octanol–water partition coefficient (Wildman–Crippen LogP) is 3.11. The van der Waals surface area contributed by atoms with E-state index in [0.29, 0.717) is 0 Å². The van der Waals surface area contributed by atoms with Crippen molar-refractivity contribution in [3.8, 4) is 0 Å². The van der Waals surface area contributed by atoms with E-state index in [-0.39, 0.29) is 11.9 Å². The molecule has 14 heavy (non-hydrogen) atoms. The molecule has 0 saturated heterocycles. The predicted molar refractivity (Wildman–Crippen MR) is 58.0 cm³/mol. The molecule has 0 aliphatic carbocycles. The van der Waals surface area contributed by atoms with Crippen LogP contribution < -0.4 is 5.32 Å². The number of aryl methyl sites for hydroxylation is 2. The summed E-state index contributed by atoms with van der Waals surface area (Å²) in [6.45, 7) is 5.94. The number of halogens is 1. The van der Waals surface area contributed by atoms with Gasteiger partial charge in [0.15, 0.2) is 0 Å². The summed E-state index contributed by atoms with van der Waals surface area (Å²) in [5.41, 5.74) is 2.82. The molecule has 0 heterocycles. The first-order valence-electron chi connectivity index (χ1n) is 5.04. The van der Waals surface area contributed by atoms with Crippen molar-refractivity contribution in [3.05, 3.63) is 34.6 Å². The number of hydrogen-bond donors (Lipinski definition) is 1. The smallest absolute Gasteiger partial charge is 0.128 e. The van der Waals surface area contributed by atoms with Crippen molar-refractivity contribution in [2.75, 3.05) is 7.05 Å². The van der Waals surface area contributed by atoms with Crippen molar-refractivity contribution in [1.82, 2.24) is 5.32 Å². The van der Waals surface area contributed by atoms with E-state index in [4.69, 9.17) is 0 Å². The summed E-state index contributed by atoms with van der Waals surface area (Å²) in [5, 5.41) is 3.13. The Morgan fingerprint density at radius 1 is 1.36 bits per heavy atom. The van der Waals surface area contributed by atoms with Gasteiger partial charge in [-0.25, -0.2) is 4.39 Å². The zero-order valence-corrected chi connectivity index (χ0v) is 9.32. The Morgan fingerprint density at radius 3 is 2.43 bits per heavy atom. The molecule has 0 spiro atoms. The van der Waals surface area contributed by atoms with Crippen molar-refractivity contribution in [2.45, 2.75) is 33.2 Å². The highest BCUT2D eigenvalue weighted by molar-refractivity contribution is 5.34.